The molecule has 126 valence electrons. The predicted octanol–water partition coefficient (Wildman–Crippen LogP) is 4.18. The zero-order chi connectivity index (χ0) is 17.2. The van der Waals surface area contributed by atoms with Crippen LogP contribution in [0.2, 0.25) is 5.02 Å². The molecule has 0 spiro atoms. The summed E-state index contributed by atoms with van der Waals surface area (Å²) in [4.78, 5) is 14.8. The van der Waals surface area contributed by atoms with Gasteiger partial charge < -0.3 is 4.90 Å². The number of aryl methyl sites for hydroxylation is 1. The Balaban J connectivity index is 1.57. The Bertz CT molecular complexity index is 919. The molecule has 4 nitrogen and oxygen atoms in total. The first-order chi connectivity index (χ1) is 12.2. The maximum absolute atomic E-state index is 12.9. The van der Waals surface area contributed by atoms with E-state index in [0.29, 0.717) is 17.1 Å². The van der Waals surface area contributed by atoms with Crippen LogP contribution in [0.4, 0.5) is 5.69 Å². The molecule has 0 bridgehead atoms. The van der Waals surface area contributed by atoms with Gasteiger partial charge in [0.05, 0.1) is 18.3 Å². The maximum Gasteiger partial charge on any atom is 0.261 e. The summed E-state index contributed by atoms with van der Waals surface area (Å²) in [5.41, 5.74) is 3.82. The number of benzene rings is 2. The lowest BCUT2D eigenvalue weighted by atomic mass is 10.0. The number of nitrogens with zero attached hydrogens (tertiary/aromatic N) is 3. The van der Waals surface area contributed by atoms with Crippen LogP contribution in [0.1, 0.15) is 27.9 Å². The van der Waals surface area contributed by atoms with Gasteiger partial charge in [0.15, 0.2) is 0 Å². The van der Waals surface area contributed by atoms with Gasteiger partial charge in [-0.3, -0.25) is 9.48 Å². The molecule has 1 aliphatic rings. The Kier molecular flexibility index (Phi) is 4.28. The van der Waals surface area contributed by atoms with Gasteiger partial charge in [0.1, 0.15) is 0 Å². The summed E-state index contributed by atoms with van der Waals surface area (Å²) in [6.07, 6.45) is 5.43. The summed E-state index contributed by atoms with van der Waals surface area (Å²) in [7, 11) is 0. The lowest BCUT2D eigenvalue weighted by Gasteiger charge is -2.29. The van der Waals surface area contributed by atoms with Crippen molar-refractivity contribution in [1.82, 2.24) is 9.78 Å². The van der Waals surface area contributed by atoms with Gasteiger partial charge in [-0.1, -0.05) is 48.0 Å². The lowest BCUT2D eigenvalue weighted by molar-refractivity contribution is 0.0985. The number of hydrogen-bond acceptors (Lipinski definition) is 2. The van der Waals surface area contributed by atoms with E-state index in [4.69, 9.17) is 11.6 Å². The van der Waals surface area contributed by atoms with E-state index in [1.165, 1.54) is 5.56 Å². The van der Waals surface area contributed by atoms with Crippen LogP contribution >= 0.6 is 11.6 Å². The largest absolute Gasteiger partial charge is 0.308 e. The van der Waals surface area contributed by atoms with Gasteiger partial charge >= 0.3 is 0 Å². The van der Waals surface area contributed by atoms with Crippen molar-refractivity contribution in [2.75, 3.05) is 11.4 Å². The van der Waals surface area contributed by atoms with Gasteiger partial charge in [0.25, 0.3) is 5.91 Å². The van der Waals surface area contributed by atoms with E-state index >= 15 is 0 Å². The Hall–Kier alpha value is -2.59. The Morgan fingerprint density at radius 1 is 1.12 bits per heavy atom. The molecule has 0 saturated heterocycles. The molecule has 0 atom stereocenters. The molecule has 3 aromatic rings. The zero-order valence-electron chi connectivity index (χ0n) is 13.7. The van der Waals surface area contributed by atoms with Crippen LogP contribution < -0.4 is 4.90 Å². The molecule has 0 radical (unpaired) electrons. The van der Waals surface area contributed by atoms with Crippen molar-refractivity contribution in [1.29, 1.82) is 0 Å². The van der Waals surface area contributed by atoms with Gasteiger partial charge in [-0.2, -0.15) is 5.10 Å². The second-order valence-electron chi connectivity index (χ2n) is 6.21. The van der Waals surface area contributed by atoms with Gasteiger partial charge in [-0.15, -0.1) is 0 Å². The molecule has 4 rings (SSSR count). The fourth-order valence-electron chi connectivity index (χ4n) is 3.26. The first kappa shape index (κ1) is 15.9. The van der Waals surface area contributed by atoms with Crippen LogP contribution in [0.3, 0.4) is 0 Å². The van der Waals surface area contributed by atoms with Crippen LogP contribution in [0.15, 0.2) is 60.9 Å². The monoisotopic (exact) mass is 351 g/mol. The highest BCUT2D eigenvalue weighted by Gasteiger charge is 2.24. The van der Waals surface area contributed by atoms with E-state index in [0.717, 1.165) is 30.6 Å². The molecule has 5 heteroatoms. The first-order valence-electron chi connectivity index (χ1n) is 8.38. The Morgan fingerprint density at radius 3 is 2.80 bits per heavy atom. The average molecular weight is 352 g/mol. The number of halogens is 1. The zero-order valence-corrected chi connectivity index (χ0v) is 14.5. The molecular weight excluding hydrogens is 334 g/mol. The van der Waals surface area contributed by atoms with E-state index < -0.39 is 0 Å². The van der Waals surface area contributed by atoms with E-state index in [9.17, 15) is 4.79 Å². The number of hydrogen-bond donors (Lipinski definition) is 0. The molecule has 0 aliphatic carbocycles. The number of fused-ring (bicyclic) bond motifs is 1. The summed E-state index contributed by atoms with van der Waals surface area (Å²) >= 11 is 6.21. The highest BCUT2D eigenvalue weighted by Crippen LogP contribution is 2.28. The average Bonchev–Trinajstić information content (AvgIpc) is 3.11. The molecule has 0 unspecified atom stereocenters. The molecule has 1 amide bonds. The summed E-state index contributed by atoms with van der Waals surface area (Å²) in [6, 6.07) is 15.8. The molecule has 0 N–H and O–H groups in total. The minimum absolute atomic E-state index is 0.00226. The number of rotatable bonds is 3. The van der Waals surface area contributed by atoms with Crippen molar-refractivity contribution in [2.24, 2.45) is 0 Å². The second-order valence-corrected chi connectivity index (χ2v) is 6.61. The quantitative estimate of drug-likeness (QED) is 0.710. The third-order valence-corrected chi connectivity index (χ3v) is 4.89. The van der Waals surface area contributed by atoms with Gasteiger partial charge in [-0.25, -0.2) is 0 Å². The van der Waals surface area contributed by atoms with Crippen LogP contribution in [0.25, 0.3) is 0 Å². The molecule has 1 aromatic heterocycles. The Labute approximate surface area is 151 Å². The number of amides is 1. The molecule has 2 heterocycles. The molecule has 25 heavy (non-hydrogen) atoms. The Morgan fingerprint density at radius 2 is 1.92 bits per heavy atom. The minimum Gasteiger partial charge on any atom is -0.308 e. The van der Waals surface area contributed by atoms with Crippen LogP contribution in [-0.4, -0.2) is 22.2 Å². The van der Waals surface area contributed by atoms with Crippen molar-refractivity contribution in [3.63, 3.8) is 0 Å². The third kappa shape index (κ3) is 3.17. The SMILES string of the molecule is O=C(c1cnn(Cc2ccccc2Cl)c1)N1CCCc2ccccc21. The lowest BCUT2D eigenvalue weighted by Crippen LogP contribution is -2.35. The fraction of sp³-hybridized carbons (Fsp3) is 0.200. The number of carbonyl (C=O) groups is 1. The molecule has 0 saturated carbocycles. The van der Waals surface area contributed by atoms with Gasteiger partial charge in [0.2, 0.25) is 0 Å². The van der Waals surface area contributed by atoms with Crippen molar-refractivity contribution in [2.45, 2.75) is 19.4 Å². The summed E-state index contributed by atoms with van der Waals surface area (Å²) in [5, 5.41) is 5.04. The topological polar surface area (TPSA) is 38.1 Å². The van der Waals surface area contributed by atoms with Crippen molar-refractivity contribution in [3.05, 3.63) is 82.6 Å². The molecule has 1 aliphatic heterocycles. The van der Waals surface area contributed by atoms with E-state index in [-0.39, 0.29) is 5.91 Å². The fourth-order valence-corrected chi connectivity index (χ4v) is 3.46. The second kappa shape index (κ2) is 6.73. The van der Waals surface area contributed by atoms with E-state index in [1.54, 1.807) is 17.1 Å². The number of aromatic nitrogens is 2. The summed E-state index contributed by atoms with van der Waals surface area (Å²) < 4.78 is 1.75. The smallest absolute Gasteiger partial charge is 0.261 e. The summed E-state index contributed by atoms with van der Waals surface area (Å²) in [6.45, 7) is 1.29. The summed E-state index contributed by atoms with van der Waals surface area (Å²) in [5.74, 6) is -0.00226. The minimum atomic E-state index is -0.00226. The third-order valence-electron chi connectivity index (χ3n) is 4.53. The highest BCUT2D eigenvalue weighted by atomic mass is 35.5. The number of carbonyl (C=O) groups excluding carboxylic acids is 1. The highest BCUT2D eigenvalue weighted by molar-refractivity contribution is 6.31. The van der Waals surface area contributed by atoms with E-state index in [2.05, 4.69) is 11.2 Å². The molecule has 0 fully saturated rings. The molecule has 2 aromatic carbocycles. The van der Waals surface area contributed by atoms with Crippen LogP contribution in [0.5, 0.6) is 0 Å². The maximum atomic E-state index is 12.9. The van der Waals surface area contributed by atoms with Gasteiger partial charge in [0, 0.05) is 23.5 Å². The molecular formula is C20H18ClN3O. The first-order valence-corrected chi connectivity index (χ1v) is 8.76. The van der Waals surface area contributed by atoms with Crippen LogP contribution in [-0.2, 0) is 13.0 Å². The van der Waals surface area contributed by atoms with Crippen LogP contribution in [0, 0.1) is 0 Å². The van der Waals surface area contributed by atoms with Crippen molar-refractivity contribution < 1.29 is 4.79 Å². The van der Waals surface area contributed by atoms with E-state index in [1.807, 2.05) is 47.4 Å². The normalized spacial score (nSPS) is 13.6. The standard InChI is InChI=1S/C20H18ClN3O/c21-18-9-3-1-7-16(18)13-23-14-17(12-22-23)20(25)24-11-5-8-15-6-2-4-10-19(15)24/h1-4,6-7,9-10,12,14H,5,8,11,13H2. The van der Waals surface area contributed by atoms with Crippen molar-refractivity contribution in [3.8, 4) is 0 Å². The number of para-hydroxylation sites is 1. The van der Waals surface area contributed by atoms with Crippen molar-refractivity contribution >= 4 is 23.2 Å². The van der Waals surface area contributed by atoms with Gasteiger partial charge in [-0.05, 0) is 36.1 Å². The number of anilines is 1. The predicted molar refractivity (Wildman–Crippen MR) is 99.2 cm³/mol.